The van der Waals surface area contributed by atoms with Gasteiger partial charge in [-0.05, 0) is 37.1 Å². The molecule has 0 radical (unpaired) electrons. The summed E-state index contributed by atoms with van der Waals surface area (Å²) in [7, 11) is 0. The molecule has 1 aromatic heterocycles. The Labute approximate surface area is 132 Å². The van der Waals surface area contributed by atoms with Crippen molar-refractivity contribution in [2.24, 2.45) is 0 Å². The zero-order valence-electron chi connectivity index (χ0n) is 12.3. The molecule has 0 saturated heterocycles. The second-order valence-electron chi connectivity index (χ2n) is 4.63. The number of aromatic nitrogens is 2. The molecule has 0 saturated carbocycles. The van der Waals surface area contributed by atoms with E-state index >= 15 is 0 Å². The van der Waals surface area contributed by atoms with Gasteiger partial charge in [0.2, 0.25) is 11.0 Å². The zero-order chi connectivity index (χ0) is 15.2. The van der Waals surface area contributed by atoms with E-state index in [1.807, 2.05) is 6.07 Å². The molecule has 0 atom stereocenters. The number of rotatable bonds is 6. The molecular weight excluding hydrogens is 304 g/mol. The maximum absolute atomic E-state index is 10.8. The predicted octanol–water partition coefficient (Wildman–Crippen LogP) is 3.13. The van der Waals surface area contributed by atoms with Crippen molar-refractivity contribution < 1.29 is 4.79 Å². The molecule has 2 rings (SSSR count). The molecule has 0 unspecified atom stereocenters. The molecule has 1 aromatic carbocycles. The lowest BCUT2D eigenvalue weighted by Gasteiger charge is -2.05. The first kappa shape index (κ1) is 15.8. The van der Waals surface area contributed by atoms with Crippen LogP contribution in [0.4, 0.5) is 10.8 Å². The molecular formula is C14H18N4OS2. The number of aryl methyl sites for hydroxylation is 2. The van der Waals surface area contributed by atoms with Crippen LogP contribution >= 0.6 is 23.1 Å². The Bertz CT molecular complexity index is 627. The van der Waals surface area contributed by atoms with Crippen molar-refractivity contribution in [2.45, 2.75) is 25.1 Å². The van der Waals surface area contributed by atoms with E-state index in [1.54, 1.807) is 11.8 Å². The summed E-state index contributed by atoms with van der Waals surface area (Å²) >= 11 is 3.10. The number of hydrogen-bond donors (Lipinski definition) is 2. The van der Waals surface area contributed by atoms with Crippen LogP contribution in [0.1, 0.15) is 18.1 Å². The van der Waals surface area contributed by atoms with Crippen LogP contribution in [0, 0.1) is 13.8 Å². The van der Waals surface area contributed by atoms with Gasteiger partial charge in [-0.3, -0.25) is 4.79 Å². The van der Waals surface area contributed by atoms with Crippen molar-refractivity contribution in [3.05, 3.63) is 29.3 Å². The molecule has 0 bridgehead atoms. The van der Waals surface area contributed by atoms with Crippen molar-refractivity contribution >= 4 is 39.8 Å². The first-order valence-corrected chi connectivity index (χ1v) is 8.40. The van der Waals surface area contributed by atoms with E-state index in [0.29, 0.717) is 6.54 Å². The monoisotopic (exact) mass is 322 g/mol. The van der Waals surface area contributed by atoms with E-state index in [0.717, 1.165) is 20.9 Å². The molecule has 112 valence electrons. The molecule has 0 aliphatic carbocycles. The van der Waals surface area contributed by atoms with Gasteiger partial charge in [0.1, 0.15) is 0 Å². The van der Waals surface area contributed by atoms with Gasteiger partial charge in [0.05, 0.1) is 0 Å². The van der Waals surface area contributed by atoms with Crippen LogP contribution in [0.15, 0.2) is 22.5 Å². The Kier molecular flexibility index (Phi) is 5.58. The fourth-order valence-corrected chi connectivity index (χ4v) is 3.32. The third-order valence-corrected chi connectivity index (χ3v) is 4.84. The minimum Gasteiger partial charge on any atom is -0.356 e. The highest BCUT2D eigenvalue weighted by Crippen LogP contribution is 2.27. The number of anilines is 2. The summed E-state index contributed by atoms with van der Waals surface area (Å²) in [6.45, 7) is 6.33. The molecule has 21 heavy (non-hydrogen) atoms. The van der Waals surface area contributed by atoms with Gasteiger partial charge in [0.15, 0.2) is 4.34 Å². The van der Waals surface area contributed by atoms with Crippen molar-refractivity contribution in [3.8, 4) is 0 Å². The summed E-state index contributed by atoms with van der Waals surface area (Å²) in [5.41, 5.74) is 3.53. The fraction of sp³-hybridized carbons (Fsp3) is 0.357. The lowest BCUT2D eigenvalue weighted by atomic mass is 10.1. The quantitative estimate of drug-likeness (QED) is 0.632. The van der Waals surface area contributed by atoms with Crippen molar-refractivity contribution in [1.29, 1.82) is 0 Å². The largest absolute Gasteiger partial charge is 0.356 e. The normalized spacial score (nSPS) is 10.4. The molecule has 0 aliphatic heterocycles. The van der Waals surface area contributed by atoms with E-state index in [2.05, 4.69) is 46.8 Å². The Balaban J connectivity index is 1.87. The van der Waals surface area contributed by atoms with Crippen molar-refractivity contribution in [1.82, 2.24) is 15.5 Å². The second kappa shape index (κ2) is 7.42. The molecule has 0 fully saturated rings. The third-order valence-electron chi connectivity index (χ3n) is 2.87. The molecule has 1 heterocycles. The smallest absolute Gasteiger partial charge is 0.216 e. The Hall–Kier alpha value is -1.60. The third kappa shape index (κ3) is 5.02. The van der Waals surface area contributed by atoms with E-state index in [1.165, 1.54) is 29.4 Å². The number of amides is 1. The number of benzene rings is 1. The van der Waals surface area contributed by atoms with Gasteiger partial charge in [-0.25, -0.2) is 0 Å². The van der Waals surface area contributed by atoms with Crippen LogP contribution in [-0.2, 0) is 4.79 Å². The Morgan fingerprint density at radius 2 is 2.10 bits per heavy atom. The lowest BCUT2D eigenvalue weighted by molar-refractivity contribution is -0.118. The van der Waals surface area contributed by atoms with Gasteiger partial charge in [-0.15, -0.1) is 10.2 Å². The SMILES string of the molecule is CC(=O)NCCSc1nnc(Nc2ccc(C)c(C)c2)s1. The molecule has 7 heteroatoms. The minimum absolute atomic E-state index is 0.00930. The average Bonchev–Trinajstić information content (AvgIpc) is 2.86. The fourth-order valence-electron chi connectivity index (χ4n) is 1.63. The first-order chi connectivity index (χ1) is 10.0. The predicted molar refractivity (Wildman–Crippen MR) is 88.5 cm³/mol. The summed E-state index contributed by atoms with van der Waals surface area (Å²) < 4.78 is 0.895. The van der Waals surface area contributed by atoms with Crippen molar-refractivity contribution in [2.75, 3.05) is 17.6 Å². The Morgan fingerprint density at radius 1 is 1.29 bits per heavy atom. The van der Waals surface area contributed by atoms with Crippen molar-refractivity contribution in [3.63, 3.8) is 0 Å². The van der Waals surface area contributed by atoms with Crippen LogP contribution in [0.2, 0.25) is 0 Å². The van der Waals surface area contributed by atoms with E-state index in [-0.39, 0.29) is 5.91 Å². The van der Waals surface area contributed by atoms with Crippen LogP contribution in [0.5, 0.6) is 0 Å². The van der Waals surface area contributed by atoms with Crippen LogP contribution < -0.4 is 10.6 Å². The summed E-state index contributed by atoms with van der Waals surface area (Å²) in [6.07, 6.45) is 0. The van der Waals surface area contributed by atoms with E-state index in [4.69, 9.17) is 0 Å². The zero-order valence-corrected chi connectivity index (χ0v) is 13.9. The standard InChI is InChI=1S/C14H18N4OS2/c1-9-4-5-12(8-10(9)2)16-13-17-18-14(21-13)20-7-6-15-11(3)19/h4-5,8H,6-7H2,1-3H3,(H,15,19)(H,16,17). The molecule has 2 aromatic rings. The van der Waals surface area contributed by atoms with Crippen LogP contribution in [0.3, 0.4) is 0 Å². The maximum atomic E-state index is 10.8. The second-order valence-corrected chi connectivity index (χ2v) is 6.95. The van der Waals surface area contributed by atoms with Gasteiger partial charge < -0.3 is 10.6 Å². The highest BCUT2D eigenvalue weighted by Gasteiger charge is 2.05. The average molecular weight is 322 g/mol. The number of carbonyl (C=O) groups excluding carboxylic acids is 1. The van der Waals surface area contributed by atoms with Gasteiger partial charge in [-0.1, -0.05) is 29.2 Å². The molecule has 5 nitrogen and oxygen atoms in total. The minimum atomic E-state index is -0.00930. The van der Waals surface area contributed by atoms with Crippen LogP contribution in [-0.4, -0.2) is 28.4 Å². The van der Waals surface area contributed by atoms with Gasteiger partial charge in [-0.2, -0.15) is 0 Å². The van der Waals surface area contributed by atoms with Gasteiger partial charge in [0, 0.05) is 24.9 Å². The van der Waals surface area contributed by atoms with Gasteiger partial charge >= 0.3 is 0 Å². The molecule has 0 aliphatic rings. The molecule has 0 spiro atoms. The Morgan fingerprint density at radius 3 is 2.81 bits per heavy atom. The summed E-state index contributed by atoms with van der Waals surface area (Å²) in [4.78, 5) is 10.8. The highest BCUT2D eigenvalue weighted by atomic mass is 32.2. The van der Waals surface area contributed by atoms with E-state index < -0.39 is 0 Å². The summed E-state index contributed by atoms with van der Waals surface area (Å²) in [6, 6.07) is 6.22. The number of hydrogen-bond acceptors (Lipinski definition) is 6. The van der Waals surface area contributed by atoms with E-state index in [9.17, 15) is 4.79 Å². The van der Waals surface area contributed by atoms with Gasteiger partial charge in [0.25, 0.3) is 0 Å². The van der Waals surface area contributed by atoms with Crippen LogP contribution in [0.25, 0.3) is 0 Å². The highest BCUT2D eigenvalue weighted by molar-refractivity contribution is 8.01. The number of nitrogens with one attached hydrogen (secondary N) is 2. The number of nitrogens with zero attached hydrogens (tertiary/aromatic N) is 2. The molecule has 1 amide bonds. The summed E-state index contributed by atoms with van der Waals surface area (Å²) in [5, 5.41) is 15.0. The number of thioether (sulfide) groups is 1. The number of carbonyl (C=O) groups is 1. The first-order valence-electron chi connectivity index (χ1n) is 6.59. The molecule has 2 N–H and O–H groups in total. The topological polar surface area (TPSA) is 66.9 Å². The lowest BCUT2D eigenvalue weighted by Crippen LogP contribution is -2.22. The maximum Gasteiger partial charge on any atom is 0.216 e. The summed E-state index contributed by atoms with van der Waals surface area (Å²) in [5.74, 6) is 0.780.